The van der Waals surface area contributed by atoms with Gasteiger partial charge in [0.25, 0.3) is 0 Å². The number of nitrogens with zero attached hydrogens (tertiary/aromatic N) is 3. The van der Waals surface area contributed by atoms with Gasteiger partial charge in [0.15, 0.2) is 0 Å². The average molecular weight is 180 g/mol. The fraction of sp³-hybridized carbons (Fsp3) is 1.00. The van der Waals surface area contributed by atoms with E-state index in [0.717, 1.165) is 0 Å². The first-order valence-corrected chi connectivity index (χ1v) is 3.18. The molecule has 0 radical (unpaired) electrons. The van der Waals surface area contributed by atoms with Gasteiger partial charge in [0, 0.05) is 10.2 Å². The maximum atomic E-state index is 8.68. The lowest BCUT2D eigenvalue weighted by Gasteiger charge is -1.97. The lowest BCUT2D eigenvalue weighted by molar-refractivity contribution is 0.209. The second kappa shape index (κ2) is 4.90. The van der Waals surface area contributed by atoms with Crippen molar-refractivity contribution in [1.29, 1.82) is 0 Å². The first kappa shape index (κ1) is 7.75. The maximum Gasteiger partial charge on any atom is 0.0693 e. The third kappa shape index (κ3) is 3.92. The normalized spacial score (nSPS) is 12.2. The molecule has 0 aromatic carbocycles. The van der Waals surface area contributed by atoms with E-state index in [1.165, 1.54) is 0 Å². The van der Waals surface area contributed by atoms with Crippen LogP contribution in [-0.2, 0) is 0 Å². The molecule has 0 unspecified atom stereocenters. The predicted molar refractivity (Wildman–Crippen MR) is 33.8 cm³/mol. The molecule has 1 atom stereocenters. The summed E-state index contributed by atoms with van der Waals surface area (Å²) in [7, 11) is 0. The Balaban J connectivity index is 3.23. The average Bonchev–Trinajstić information content (AvgIpc) is 1.83. The Bertz CT molecular complexity index is 101. The Morgan fingerprint density at radius 2 is 2.50 bits per heavy atom. The van der Waals surface area contributed by atoms with Gasteiger partial charge in [-0.15, -0.1) is 0 Å². The van der Waals surface area contributed by atoms with Crippen LogP contribution in [0.3, 0.4) is 0 Å². The van der Waals surface area contributed by atoms with Crippen molar-refractivity contribution in [2.24, 2.45) is 5.11 Å². The van der Waals surface area contributed by atoms with E-state index < -0.39 is 6.10 Å². The zero-order valence-corrected chi connectivity index (χ0v) is 5.74. The lowest BCUT2D eigenvalue weighted by atomic mass is 10.4. The minimum Gasteiger partial charge on any atom is -0.392 e. The van der Waals surface area contributed by atoms with E-state index in [2.05, 4.69) is 26.0 Å². The van der Waals surface area contributed by atoms with E-state index >= 15 is 0 Å². The molecule has 0 saturated carbocycles. The number of azide groups is 1. The number of aliphatic hydroxyl groups is 1. The van der Waals surface area contributed by atoms with Crippen LogP contribution < -0.4 is 0 Å². The molecule has 0 amide bonds. The summed E-state index contributed by atoms with van der Waals surface area (Å²) in [4.78, 5) is 2.47. The highest BCUT2D eigenvalue weighted by atomic mass is 79.9. The highest BCUT2D eigenvalue weighted by Gasteiger charge is 1.95. The molecule has 0 aliphatic heterocycles. The number of hydrogen-bond donors (Lipinski definition) is 1. The quantitative estimate of drug-likeness (QED) is 0.300. The zero-order valence-electron chi connectivity index (χ0n) is 4.16. The Morgan fingerprint density at radius 1 is 1.88 bits per heavy atom. The van der Waals surface area contributed by atoms with E-state index in [0.29, 0.717) is 5.33 Å². The van der Waals surface area contributed by atoms with Crippen molar-refractivity contribution in [1.82, 2.24) is 0 Å². The summed E-state index contributed by atoms with van der Waals surface area (Å²) < 4.78 is 0. The summed E-state index contributed by atoms with van der Waals surface area (Å²) in [5.74, 6) is 0. The van der Waals surface area contributed by atoms with Crippen molar-refractivity contribution in [2.75, 3.05) is 11.9 Å². The Hall–Kier alpha value is -0.250. The minimum absolute atomic E-state index is 0.141. The second-order valence-electron chi connectivity index (χ2n) is 1.22. The SMILES string of the molecule is [N-]=[N+]=NC[C@@H](O)CBr. The van der Waals surface area contributed by atoms with Gasteiger partial charge >= 0.3 is 0 Å². The first-order chi connectivity index (χ1) is 3.81. The third-order valence-electron chi connectivity index (χ3n) is 0.534. The van der Waals surface area contributed by atoms with Crippen molar-refractivity contribution < 1.29 is 5.11 Å². The lowest BCUT2D eigenvalue weighted by Crippen LogP contribution is -2.10. The van der Waals surface area contributed by atoms with Crippen LogP contribution in [0.15, 0.2) is 5.11 Å². The van der Waals surface area contributed by atoms with Crippen LogP contribution in [0, 0.1) is 0 Å². The standard InChI is InChI=1S/C3H6BrN3O/c4-1-3(8)2-6-7-5/h3,8H,1-2H2/t3-/m0/s1. The monoisotopic (exact) mass is 179 g/mol. The van der Waals surface area contributed by atoms with Gasteiger partial charge in [-0.25, -0.2) is 0 Å². The Kier molecular flexibility index (Phi) is 4.75. The second-order valence-corrected chi connectivity index (χ2v) is 1.87. The van der Waals surface area contributed by atoms with Crippen molar-refractivity contribution in [3.63, 3.8) is 0 Å². The molecule has 0 spiro atoms. The molecule has 8 heavy (non-hydrogen) atoms. The number of hydrogen-bond acceptors (Lipinski definition) is 2. The molecular weight excluding hydrogens is 174 g/mol. The van der Waals surface area contributed by atoms with Crippen molar-refractivity contribution in [3.8, 4) is 0 Å². The van der Waals surface area contributed by atoms with Crippen LogP contribution in [0.25, 0.3) is 10.4 Å². The van der Waals surface area contributed by atoms with Gasteiger partial charge in [-0.3, -0.25) is 0 Å². The van der Waals surface area contributed by atoms with Crippen LogP contribution in [0.1, 0.15) is 0 Å². The summed E-state index contributed by atoms with van der Waals surface area (Å²) in [5, 5.41) is 12.3. The molecule has 0 aliphatic rings. The molecule has 0 fully saturated rings. The van der Waals surface area contributed by atoms with E-state index in [4.69, 9.17) is 10.6 Å². The molecular formula is C3H6BrN3O. The first-order valence-electron chi connectivity index (χ1n) is 2.06. The Labute approximate surface area is 55.3 Å². The van der Waals surface area contributed by atoms with E-state index in [-0.39, 0.29) is 6.54 Å². The topological polar surface area (TPSA) is 69.0 Å². The van der Waals surface area contributed by atoms with Gasteiger partial charge in [0.05, 0.1) is 12.6 Å². The fourth-order valence-corrected chi connectivity index (χ4v) is 0.384. The summed E-state index contributed by atoms with van der Waals surface area (Å²) in [6, 6.07) is 0. The summed E-state index contributed by atoms with van der Waals surface area (Å²) in [6.45, 7) is 0.141. The largest absolute Gasteiger partial charge is 0.392 e. The molecule has 0 aromatic heterocycles. The third-order valence-corrected chi connectivity index (χ3v) is 1.28. The summed E-state index contributed by atoms with van der Waals surface area (Å²) >= 11 is 3.01. The summed E-state index contributed by atoms with van der Waals surface area (Å²) in [6.07, 6.45) is -0.550. The molecule has 0 rings (SSSR count). The van der Waals surface area contributed by atoms with Gasteiger partial charge in [-0.2, -0.15) is 0 Å². The molecule has 4 nitrogen and oxygen atoms in total. The number of aliphatic hydroxyl groups excluding tert-OH is 1. The summed E-state index contributed by atoms with van der Waals surface area (Å²) in [5.41, 5.74) is 7.74. The van der Waals surface area contributed by atoms with Crippen LogP contribution in [-0.4, -0.2) is 23.1 Å². The molecule has 0 aromatic rings. The molecule has 0 saturated heterocycles. The maximum absolute atomic E-state index is 8.68. The van der Waals surface area contributed by atoms with Gasteiger partial charge in [-0.1, -0.05) is 21.0 Å². The number of alkyl halides is 1. The van der Waals surface area contributed by atoms with Gasteiger partial charge < -0.3 is 5.11 Å². The zero-order chi connectivity index (χ0) is 6.41. The molecule has 0 aliphatic carbocycles. The van der Waals surface area contributed by atoms with Crippen LogP contribution in [0.5, 0.6) is 0 Å². The predicted octanol–water partition coefficient (Wildman–Crippen LogP) is 1.05. The molecule has 0 bridgehead atoms. The van der Waals surface area contributed by atoms with Gasteiger partial charge in [0.2, 0.25) is 0 Å². The molecule has 1 N–H and O–H groups in total. The van der Waals surface area contributed by atoms with Crippen molar-refractivity contribution in [3.05, 3.63) is 10.4 Å². The highest BCUT2D eigenvalue weighted by molar-refractivity contribution is 9.09. The van der Waals surface area contributed by atoms with Crippen molar-refractivity contribution in [2.45, 2.75) is 6.10 Å². The molecule has 5 heteroatoms. The molecule has 0 heterocycles. The fourth-order valence-electron chi connectivity index (χ4n) is 0.180. The Morgan fingerprint density at radius 3 is 2.88 bits per heavy atom. The number of halogens is 1. The minimum atomic E-state index is -0.550. The van der Waals surface area contributed by atoms with Gasteiger partial charge in [0.1, 0.15) is 0 Å². The van der Waals surface area contributed by atoms with Crippen molar-refractivity contribution >= 4 is 15.9 Å². The van der Waals surface area contributed by atoms with E-state index in [9.17, 15) is 0 Å². The smallest absolute Gasteiger partial charge is 0.0693 e. The van der Waals surface area contributed by atoms with E-state index in [1.807, 2.05) is 0 Å². The van der Waals surface area contributed by atoms with Crippen LogP contribution in [0.2, 0.25) is 0 Å². The van der Waals surface area contributed by atoms with Crippen LogP contribution >= 0.6 is 15.9 Å². The van der Waals surface area contributed by atoms with Crippen LogP contribution in [0.4, 0.5) is 0 Å². The molecule has 46 valence electrons. The number of rotatable bonds is 3. The van der Waals surface area contributed by atoms with E-state index in [1.54, 1.807) is 0 Å². The van der Waals surface area contributed by atoms with Gasteiger partial charge in [-0.05, 0) is 5.53 Å². The highest BCUT2D eigenvalue weighted by Crippen LogP contribution is 1.89.